The summed E-state index contributed by atoms with van der Waals surface area (Å²) in [6.45, 7) is 2.85. The fourth-order valence-corrected chi connectivity index (χ4v) is 3.75. The van der Waals surface area contributed by atoms with E-state index in [0.717, 1.165) is 23.8 Å². The Morgan fingerprint density at radius 3 is 2.95 bits per heavy atom. The average Bonchev–Trinajstić information content (AvgIpc) is 2.90. The lowest BCUT2D eigenvalue weighted by Crippen LogP contribution is -2.39. The lowest BCUT2D eigenvalue weighted by atomic mass is 9.85. The van der Waals surface area contributed by atoms with Gasteiger partial charge in [-0.1, -0.05) is 12.8 Å². The summed E-state index contributed by atoms with van der Waals surface area (Å²) >= 11 is 0. The molecule has 1 aromatic rings. The van der Waals surface area contributed by atoms with Crippen molar-refractivity contribution in [1.29, 1.82) is 0 Å². The van der Waals surface area contributed by atoms with Crippen LogP contribution in [0.25, 0.3) is 0 Å². The van der Waals surface area contributed by atoms with Gasteiger partial charge >= 0.3 is 0 Å². The van der Waals surface area contributed by atoms with Gasteiger partial charge in [0, 0.05) is 31.5 Å². The van der Waals surface area contributed by atoms with Crippen LogP contribution in [0.4, 0.5) is 5.69 Å². The fraction of sp³-hybridized carbons (Fsp3) is 0.625. The van der Waals surface area contributed by atoms with Crippen LogP contribution in [0, 0.1) is 12.8 Å². The number of likely N-dealkylation sites (tertiary alicyclic amines) is 1. The Morgan fingerprint density at radius 2 is 2.15 bits per heavy atom. The summed E-state index contributed by atoms with van der Waals surface area (Å²) in [4.78, 5) is 19.2. The molecule has 0 bridgehead atoms. The highest BCUT2D eigenvalue weighted by atomic mass is 16.2. The van der Waals surface area contributed by atoms with E-state index in [1.165, 1.54) is 32.1 Å². The second kappa shape index (κ2) is 5.43. The molecule has 1 N–H and O–H groups in total. The van der Waals surface area contributed by atoms with E-state index in [1.54, 1.807) is 6.20 Å². The minimum atomic E-state index is 0.149. The molecule has 1 amide bonds. The molecule has 4 nitrogen and oxygen atoms in total. The smallest absolute Gasteiger partial charge is 0.257 e. The minimum absolute atomic E-state index is 0.149. The molecule has 2 aliphatic rings. The number of hydrogen-bond donors (Lipinski definition) is 1. The molecule has 0 aromatic carbocycles. The second-order valence-corrected chi connectivity index (χ2v) is 6.02. The average molecular weight is 273 g/mol. The van der Waals surface area contributed by atoms with Gasteiger partial charge in [-0.15, -0.1) is 0 Å². The van der Waals surface area contributed by atoms with E-state index in [0.29, 0.717) is 11.6 Å². The third kappa shape index (κ3) is 2.28. The van der Waals surface area contributed by atoms with Gasteiger partial charge in [-0.25, -0.2) is 0 Å². The Bertz CT molecular complexity index is 514. The van der Waals surface area contributed by atoms with E-state index >= 15 is 0 Å². The van der Waals surface area contributed by atoms with Crippen molar-refractivity contribution in [2.24, 2.45) is 5.92 Å². The summed E-state index contributed by atoms with van der Waals surface area (Å²) < 4.78 is 0. The number of hydrogen-bond acceptors (Lipinski definition) is 3. The van der Waals surface area contributed by atoms with Gasteiger partial charge in [-0.3, -0.25) is 9.78 Å². The molecule has 1 aliphatic heterocycles. The first kappa shape index (κ1) is 13.4. The van der Waals surface area contributed by atoms with E-state index in [1.807, 2.05) is 20.0 Å². The zero-order chi connectivity index (χ0) is 14.1. The molecule has 2 fully saturated rings. The summed E-state index contributed by atoms with van der Waals surface area (Å²) in [5, 5.41) is 3.13. The van der Waals surface area contributed by atoms with Gasteiger partial charge in [0.05, 0.1) is 11.3 Å². The molecule has 0 spiro atoms. The highest BCUT2D eigenvalue weighted by Crippen LogP contribution is 2.37. The van der Waals surface area contributed by atoms with Crippen LogP contribution in [0.15, 0.2) is 12.3 Å². The number of fused-ring (bicyclic) bond motifs is 1. The van der Waals surface area contributed by atoms with Crippen molar-refractivity contribution in [2.45, 2.75) is 45.1 Å². The zero-order valence-electron chi connectivity index (χ0n) is 12.4. The summed E-state index contributed by atoms with van der Waals surface area (Å²) in [6, 6.07) is 2.41. The number of nitrogens with one attached hydrogen (secondary N) is 1. The lowest BCUT2D eigenvalue weighted by molar-refractivity contribution is 0.0690. The standard InChI is InChI=1S/C16H23N3O/c1-11-9-14(17-2)13(10-18-11)16(20)19-8-7-12-5-3-4-6-15(12)19/h9-10,12,15H,3-8H2,1-2H3,(H,17,18). The Hall–Kier alpha value is -1.58. The lowest BCUT2D eigenvalue weighted by Gasteiger charge is -2.32. The first-order valence-electron chi connectivity index (χ1n) is 7.66. The van der Waals surface area contributed by atoms with Gasteiger partial charge in [0.25, 0.3) is 5.91 Å². The monoisotopic (exact) mass is 273 g/mol. The second-order valence-electron chi connectivity index (χ2n) is 6.02. The van der Waals surface area contributed by atoms with E-state index in [9.17, 15) is 4.79 Å². The van der Waals surface area contributed by atoms with Crippen LogP contribution in [-0.2, 0) is 0 Å². The summed E-state index contributed by atoms with van der Waals surface area (Å²) in [5.41, 5.74) is 2.54. The molecule has 1 aliphatic carbocycles. The highest BCUT2D eigenvalue weighted by Gasteiger charge is 2.38. The van der Waals surface area contributed by atoms with Crippen molar-refractivity contribution in [3.05, 3.63) is 23.5 Å². The number of anilines is 1. The number of carbonyl (C=O) groups excluding carboxylic acids is 1. The molecule has 20 heavy (non-hydrogen) atoms. The maximum absolute atomic E-state index is 12.8. The third-order valence-corrected chi connectivity index (χ3v) is 4.81. The zero-order valence-corrected chi connectivity index (χ0v) is 12.4. The van der Waals surface area contributed by atoms with Crippen molar-refractivity contribution < 1.29 is 4.79 Å². The van der Waals surface area contributed by atoms with E-state index in [-0.39, 0.29) is 5.91 Å². The molecule has 108 valence electrons. The van der Waals surface area contributed by atoms with E-state index < -0.39 is 0 Å². The van der Waals surface area contributed by atoms with Gasteiger partial charge in [0.1, 0.15) is 0 Å². The van der Waals surface area contributed by atoms with Crippen molar-refractivity contribution >= 4 is 11.6 Å². The summed E-state index contributed by atoms with van der Waals surface area (Å²) in [7, 11) is 1.86. The van der Waals surface area contributed by atoms with Gasteiger partial charge < -0.3 is 10.2 Å². The molecule has 1 saturated carbocycles. The minimum Gasteiger partial charge on any atom is -0.387 e. The first-order chi connectivity index (χ1) is 9.70. The van der Waals surface area contributed by atoms with Gasteiger partial charge in [0.15, 0.2) is 0 Å². The maximum atomic E-state index is 12.8. The largest absolute Gasteiger partial charge is 0.387 e. The van der Waals surface area contributed by atoms with Crippen LogP contribution in [0.1, 0.15) is 48.2 Å². The topological polar surface area (TPSA) is 45.2 Å². The number of pyridine rings is 1. The molecule has 0 radical (unpaired) electrons. The summed E-state index contributed by atoms with van der Waals surface area (Å²) in [6.07, 6.45) is 7.95. The predicted molar refractivity (Wildman–Crippen MR) is 79.9 cm³/mol. The van der Waals surface area contributed by atoms with Crippen LogP contribution in [0.3, 0.4) is 0 Å². The molecule has 2 unspecified atom stereocenters. The first-order valence-corrected chi connectivity index (χ1v) is 7.66. The molecular formula is C16H23N3O. The predicted octanol–water partition coefficient (Wildman–Crippen LogP) is 2.84. The van der Waals surface area contributed by atoms with Crippen LogP contribution >= 0.6 is 0 Å². The van der Waals surface area contributed by atoms with Gasteiger partial charge in [0.2, 0.25) is 0 Å². The van der Waals surface area contributed by atoms with Crippen LogP contribution in [0.2, 0.25) is 0 Å². The van der Waals surface area contributed by atoms with Gasteiger partial charge in [-0.2, -0.15) is 0 Å². The maximum Gasteiger partial charge on any atom is 0.257 e. The fourth-order valence-electron chi connectivity index (χ4n) is 3.75. The van der Waals surface area contributed by atoms with Crippen LogP contribution in [0.5, 0.6) is 0 Å². The summed E-state index contributed by atoms with van der Waals surface area (Å²) in [5.74, 6) is 0.875. The molecule has 2 heterocycles. The van der Waals surface area contributed by atoms with E-state index in [4.69, 9.17) is 0 Å². The molecular weight excluding hydrogens is 250 g/mol. The molecule has 2 atom stereocenters. The van der Waals surface area contributed by atoms with E-state index in [2.05, 4.69) is 15.2 Å². The number of nitrogens with zero attached hydrogens (tertiary/aromatic N) is 2. The van der Waals surface area contributed by atoms with Crippen molar-refractivity contribution in [2.75, 3.05) is 18.9 Å². The molecule has 3 rings (SSSR count). The van der Waals surface area contributed by atoms with Gasteiger partial charge in [-0.05, 0) is 38.2 Å². The number of rotatable bonds is 2. The normalized spacial score (nSPS) is 25.4. The third-order valence-electron chi connectivity index (χ3n) is 4.81. The van der Waals surface area contributed by atoms with Crippen LogP contribution < -0.4 is 5.32 Å². The van der Waals surface area contributed by atoms with Crippen molar-refractivity contribution in [3.63, 3.8) is 0 Å². The highest BCUT2D eigenvalue weighted by molar-refractivity contribution is 5.99. The number of amides is 1. The quantitative estimate of drug-likeness (QED) is 0.901. The molecule has 4 heteroatoms. The molecule has 1 aromatic heterocycles. The number of aromatic nitrogens is 1. The Balaban J connectivity index is 1.85. The van der Waals surface area contributed by atoms with Crippen LogP contribution in [-0.4, -0.2) is 35.4 Å². The molecule has 1 saturated heterocycles. The Kier molecular flexibility index (Phi) is 3.64. The van der Waals surface area contributed by atoms with Crippen molar-refractivity contribution in [1.82, 2.24) is 9.88 Å². The Morgan fingerprint density at radius 1 is 1.35 bits per heavy atom. The SMILES string of the molecule is CNc1cc(C)ncc1C(=O)N1CCC2CCCCC21. The van der Waals surface area contributed by atoms with Crippen molar-refractivity contribution in [3.8, 4) is 0 Å². The number of aryl methyl sites for hydroxylation is 1. The Labute approximate surface area is 120 Å². The number of carbonyl (C=O) groups is 1.